The van der Waals surface area contributed by atoms with Crippen LogP contribution in [0.1, 0.15) is 37.5 Å². The van der Waals surface area contributed by atoms with E-state index in [2.05, 4.69) is 39.4 Å². The van der Waals surface area contributed by atoms with Crippen LogP contribution in [-0.4, -0.2) is 71.0 Å². The van der Waals surface area contributed by atoms with E-state index in [9.17, 15) is 4.79 Å². The van der Waals surface area contributed by atoms with Crippen molar-refractivity contribution in [2.75, 3.05) is 43.9 Å². The van der Waals surface area contributed by atoms with Crippen LogP contribution in [0.3, 0.4) is 0 Å². The summed E-state index contributed by atoms with van der Waals surface area (Å²) in [6, 6.07) is 4.01. The quantitative estimate of drug-likeness (QED) is 0.628. The fourth-order valence-corrected chi connectivity index (χ4v) is 4.87. The molecule has 2 saturated heterocycles. The van der Waals surface area contributed by atoms with Crippen LogP contribution in [0.2, 0.25) is 0 Å². The number of thiazole rings is 1. The van der Waals surface area contributed by atoms with Crippen LogP contribution in [0.15, 0.2) is 18.3 Å². The van der Waals surface area contributed by atoms with Crippen molar-refractivity contribution in [2.24, 2.45) is 0 Å². The number of anilines is 3. The second-order valence-electron chi connectivity index (χ2n) is 8.70. The second kappa shape index (κ2) is 10.9. The summed E-state index contributed by atoms with van der Waals surface area (Å²) in [5.41, 5.74) is 0. The Morgan fingerprint density at radius 2 is 2.00 bits per heavy atom. The van der Waals surface area contributed by atoms with Gasteiger partial charge >= 0.3 is 0 Å². The first-order chi connectivity index (χ1) is 16.0. The molecule has 4 rings (SSSR count). The molecule has 2 aliphatic heterocycles. The maximum Gasteiger partial charge on any atom is 0.298 e. The molecule has 0 unspecified atom stereocenters. The zero-order chi connectivity index (χ0) is 23.2. The van der Waals surface area contributed by atoms with Gasteiger partial charge in [-0.2, -0.15) is 0 Å². The minimum absolute atomic E-state index is 0.113. The molecular formula is C24H32N6O2S. The zero-order valence-electron chi connectivity index (χ0n) is 19.6. The van der Waals surface area contributed by atoms with Crippen molar-refractivity contribution in [1.82, 2.24) is 19.8 Å². The summed E-state index contributed by atoms with van der Waals surface area (Å²) in [5.74, 6) is 7.46. The number of rotatable bonds is 6. The third kappa shape index (κ3) is 6.59. The predicted molar refractivity (Wildman–Crippen MR) is 132 cm³/mol. The minimum atomic E-state index is -0.113. The first-order valence-electron chi connectivity index (χ1n) is 11.5. The van der Waals surface area contributed by atoms with Crippen molar-refractivity contribution >= 4 is 34.0 Å². The number of piperidine rings is 2. The fourth-order valence-electron chi connectivity index (χ4n) is 4.20. The number of aryl methyl sites for hydroxylation is 1. The number of likely N-dealkylation sites (tertiary alicyclic amines) is 2. The number of amides is 1. The Bertz CT molecular complexity index is 1020. The summed E-state index contributed by atoms with van der Waals surface area (Å²) in [4.78, 5) is 26.7. The van der Waals surface area contributed by atoms with Gasteiger partial charge in [0.15, 0.2) is 5.13 Å². The third-order valence-electron chi connectivity index (χ3n) is 5.92. The van der Waals surface area contributed by atoms with Gasteiger partial charge in [-0.25, -0.2) is 9.97 Å². The molecule has 9 heteroatoms. The van der Waals surface area contributed by atoms with Crippen molar-refractivity contribution in [3.8, 4) is 17.6 Å². The molecule has 2 aromatic rings. The molecule has 2 aliphatic rings. The van der Waals surface area contributed by atoms with Crippen LogP contribution < -0.4 is 15.4 Å². The molecular weight excluding hydrogens is 436 g/mol. The van der Waals surface area contributed by atoms with Gasteiger partial charge in [0.1, 0.15) is 23.5 Å². The number of pyridine rings is 1. The molecule has 1 amide bonds. The molecule has 2 fully saturated rings. The molecule has 1 atom stereocenters. The van der Waals surface area contributed by atoms with E-state index >= 15 is 0 Å². The summed E-state index contributed by atoms with van der Waals surface area (Å²) in [5, 5.41) is 7.64. The van der Waals surface area contributed by atoms with E-state index in [1.165, 1.54) is 0 Å². The van der Waals surface area contributed by atoms with Crippen molar-refractivity contribution in [3.05, 3.63) is 23.2 Å². The molecule has 176 valence electrons. The van der Waals surface area contributed by atoms with Crippen molar-refractivity contribution < 1.29 is 9.53 Å². The molecule has 2 N–H and O–H groups in total. The van der Waals surface area contributed by atoms with Gasteiger partial charge in [-0.1, -0.05) is 5.92 Å². The lowest BCUT2D eigenvalue weighted by Gasteiger charge is -2.32. The number of ether oxygens (including phenoxy) is 1. The number of hydrogen-bond donors (Lipinski definition) is 2. The smallest absolute Gasteiger partial charge is 0.298 e. The highest BCUT2D eigenvalue weighted by molar-refractivity contribution is 7.15. The zero-order valence-corrected chi connectivity index (χ0v) is 20.4. The SMILES string of the molecule is CC#CC(=O)N1CCC[C@H](Nc2cc(OC3CCN(C)CC3)cc(Nc3ncc(C)s3)n2)C1. The fraction of sp³-hybridized carbons (Fsp3) is 0.542. The molecule has 8 nitrogen and oxygen atoms in total. The number of carbonyl (C=O) groups is 1. The Labute approximate surface area is 199 Å². The average molecular weight is 469 g/mol. The highest BCUT2D eigenvalue weighted by atomic mass is 32.1. The van der Waals surface area contributed by atoms with E-state index < -0.39 is 0 Å². The van der Waals surface area contributed by atoms with Gasteiger partial charge < -0.3 is 25.2 Å². The number of aromatic nitrogens is 2. The lowest BCUT2D eigenvalue weighted by Crippen LogP contribution is -2.44. The summed E-state index contributed by atoms with van der Waals surface area (Å²) >= 11 is 1.59. The predicted octanol–water partition coefficient (Wildman–Crippen LogP) is 3.49. The second-order valence-corrected chi connectivity index (χ2v) is 9.94. The minimum Gasteiger partial charge on any atom is -0.490 e. The van der Waals surface area contributed by atoms with Gasteiger partial charge in [0.25, 0.3) is 5.91 Å². The summed E-state index contributed by atoms with van der Waals surface area (Å²) < 4.78 is 6.36. The molecule has 0 aromatic carbocycles. The molecule has 33 heavy (non-hydrogen) atoms. The Kier molecular flexibility index (Phi) is 7.68. The van der Waals surface area contributed by atoms with E-state index in [0.717, 1.165) is 66.9 Å². The maximum absolute atomic E-state index is 12.2. The third-order valence-corrected chi connectivity index (χ3v) is 6.74. The Morgan fingerprint density at radius 3 is 2.73 bits per heavy atom. The maximum atomic E-state index is 12.2. The summed E-state index contributed by atoms with van der Waals surface area (Å²) in [6.07, 6.45) is 5.96. The lowest BCUT2D eigenvalue weighted by atomic mass is 10.1. The molecule has 0 radical (unpaired) electrons. The molecule has 0 saturated carbocycles. The van der Waals surface area contributed by atoms with Gasteiger partial charge in [-0.05, 0) is 52.5 Å². The van der Waals surface area contributed by atoms with E-state index in [0.29, 0.717) is 12.4 Å². The molecule has 0 bridgehead atoms. The molecule has 4 heterocycles. The van der Waals surface area contributed by atoms with Gasteiger partial charge in [0, 0.05) is 55.4 Å². The van der Waals surface area contributed by atoms with Crippen LogP contribution in [0.25, 0.3) is 0 Å². The van der Waals surface area contributed by atoms with Crippen LogP contribution in [0.4, 0.5) is 16.8 Å². The van der Waals surface area contributed by atoms with Crippen LogP contribution in [-0.2, 0) is 4.79 Å². The number of carbonyl (C=O) groups excluding carboxylic acids is 1. The van der Waals surface area contributed by atoms with Crippen LogP contribution >= 0.6 is 11.3 Å². The Hall–Kier alpha value is -2.83. The monoisotopic (exact) mass is 468 g/mol. The molecule has 0 aliphatic carbocycles. The number of nitrogens with one attached hydrogen (secondary N) is 2. The van der Waals surface area contributed by atoms with E-state index in [1.807, 2.05) is 30.2 Å². The van der Waals surface area contributed by atoms with Gasteiger partial charge in [-0.3, -0.25) is 4.79 Å². The standard InChI is InChI=1S/C24H32N6O2S/c1-4-6-23(31)30-10-5-7-18(16-30)26-21-13-20(32-19-8-11-29(3)12-9-19)14-22(27-21)28-24-25-15-17(2)33-24/h13-15,18-19H,5,7-12,16H2,1-3H3,(H2,25,26,27,28)/t18-/m0/s1. The Balaban J connectivity index is 1.50. The summed E-state index contributed by atoms with van der Waals surface area (Å²) in [7, 11) is 2.15. The van der Waals surface area contributed by atoms with Gasteiger partial charge in [0.05, 0.1) is 0 Å². The van der Waals surface area contributed by atoms with Crippen molar-refractivity contribution in [2.45, 2.75) is 51.7 Å². The van der Waals surface area contributed by atoms with Crippen LogP contribution in [0.5, 0.6) is 5.75 Å². The first-order valence-corrected chi connectivity index (χ1v) is 12.3. The lowest BCUT2D eigenvalue weighted by molar-refractivity contribution is -0.126. The van der Waals surface area contributed by atoms with Gasteiger partial charge in [0.2, 0.25) is 0 Å². The highest BCUT2D eigenvalue weighted by Crippen LogP contribution is 2.28. The number of nitrogens with zero attached hydrogens (tertiary/aromatic N) is 4. The first kappa shape index (κ1) is 23.3. The molecule has 2 aromatic heterocycles. The topological polar surface area (TPSA) is 82.6 Å². The van der Waals surface area contributed by atoms with Gasteiger partial charge in [-0.15, -0.1) is 11.3 Å². The van der Waals surface area contributed by atoms with E-state index in [4.69, 9.17) is 9.72 Å². The average Bonchev–Trinajstić information content (AvgIpc) is 3.20. The normalized spacial score (nSPS) is 19.5. The molecule has 0 spiro atoms. The summed E-state index contributed by atoms with van der Waals surface area (Å²) in [6.45, 7) is 7.16. The van der Waals surface area contributed by atoms with Crippen molar-refractivity contribution in [3.63, 3.8) is 0 Å². The number of hydrogen-bond acceptors (Lipinski definition) is 8. The largest absolute Gasteiger partial charge is 0.490 e. The van der Waals surface area contributed by atoms with E-state index in [-0.39, 0.29) is 18.1 Å². The van der Waals surface area contributed by atoms with E-state index in [1.54, 1.807) is 18.3 Å². The Morgan fingerprint density at radius 1 is 1.21 bits per heavy atom. The highest BCUT2D eigenvalue weighted by Gasteiger charge is 2.24. The van der Waals surface area contributed by atoms with Crippen LogP contribution in [0, 0.1) is 18.8 Å². The van der Waals surface area contributed by atoms with Crippen molar-refractivity contribution in [1.29, 1.82) is 0 Å².